The lowest BCUT2D eigenvalue weighted by atomic mass is 9.73. The van der Waals surface area contributed by atoms with E-state index in [4.69, 9.17) is 9.47 Å². The van der Waals surface area contributed by atoms with Crippen molar-refractivity contribution in [3.05, 3.63) is 48.0 Å². The van der Waals surface area contributed by atoms with Gasteiger partial charge in [-0.05, 0) is 26.3 Å². The Morgan fingerprint density at radius 1 is 1.41 bits per heavy atom. The maximum absolute atomic E-state index is 12.6. The van der Waals surface area contributed by atoms with Crippen LogP contribution in [0.25, 0.3) is 0 Å². The third-order valence-electron chi connectivity index (χ3n) is 4.15. The van der Waals surface area contributed by atoms with E-state index in [9.17, 15) is 10.1 Å². The van der Waals surface area contributed by atoms with Crippen LogP contribution < -0.4 is 0 Å². The van der Waals surface area contributed by atoms with Gasteiger partial charge in [0.15, 0.2) is 0 Å². The molecule has 0 atom stereocenters. The summed E-state index contributed by atoms with van der Waals surface area (Å²) in [4.78, 5) is 12.6. The summed E-state index contributed by atoms with van der Waals surface area (Å²) in [7, 11) is 0. The molecule has 4 heteroatoms. The molecule has 1 heterocycles. The molecular formula is C18H21NO3. The van der Waals surface area contributed by atoms with Gasteiger partial charge in [0, 0.05) is 12.0 Å². The van der Waals surface area contributed by atoms with Crippen LogP contribution in [-0.2, 0) is 20.1 Å². The number of carbonyl (C=O) groups excluding carboxylic acids is 1. The van der Waals surface area contributed by atoms with Crippen LogP contribution in [0.1, 0.15) is 37.8 Å². The fraction of sp³-hybridized carbons (Fsp3) is 0.444. The molecular weight excluding hydrogens is 278 g/mol. The molecule has 116 valence electrons. The van der Waals surface area contributed by atoms with Crippen LogP contribution in [0, 0.1) is 16.7 Å². The Morgan fingerprint density at radius 2 is 2.05 bits per heavy atom. The summed E-state index contributed by atoms with van der Waals surface area (Å²) in [5.74, 6) is -1.27. The molecule has 1 saturated heterocycles. The van der Waals surface area contributed by atoms with Crippen molar-refractivity contribution in [2.75, 3.05) is 13.2 Å². The van der Waals surface area contributed by atoms with Crippen LogP contribution in [0.2, 0.25) is 0 Å². The highest BCUT2D eigenvalue weighted by molar-refractivity contribution is 5.86. The molecule has 0 radical (unpaired) electrons. The van der Waals surface area contributed by atoms with Gasteiger partial charge in [-0.25, -0.2) is 0 Å². The summed E-state index contributed by atoms with van der Waals surface area (Å²) in [5.41, 5.74) is 0.137. The summed E-state index contributed by atoms with van der Waals surface area (Å²) in [6, 6.07) is 9.30. The molecule has 4 nitrogen and oxygen atoms in total. The number of benzene rings is 1. The Labute approximate surface area is 131 Å². The first kappa shape index (κ1) is 16.4. The van der Waals surface area contributed by atoms with Gasteiger partial charge in [-0.1, -0.05) is 24.3 Å². The van der Waals surface area contributed by atoms with Gasteiger partial charge >= 0.3 is 0 Å². The van der Waals surface area contributed by atoms with Gasteiger partial charge in [0.05, 0.1) is 30.3 Å². The fourth-order valence-electron chi connectivity index (χ4n) is 2.82. The number of hydrogen-bond donors (Lipinski definition) is 0. The lowest BCUT2D eigenvalue weighted by Crippen LogP contribution is -2.53. The van der Waals surface area contributed by atoms with E-state index >= 15 is 0 Å². The van der Waals surface area contributed by atoms with Gasteiger partial charge in [0.1, 0.15) is 5.78 Å². The number of nitrogens with zero attached hydrogens (tertiary/aromatic N) is 1. The van der Waals surface area contributed by atoms with Crippen molar-refractivity contribution >= 4 is 5.78 Å². The van der Waals surface area contributed by atoms with E-state index in [0.29, 0.717) is 24.3 Å². The Hall–Kier alpha value is -1.96. The van der Waals surface area contributed by atoms with Gasteiger partial charge in [-0.15, -0.1) is 6.58 Å². The summed E-state index contributed by atoms with van der Waals surface area (Å²) >= 11 is 0. The standard InChI is InChI=1S/C18H21NO3/c1-4-8-16(20)17(2,3)18(21-11-7-12-22-18)15-10-6-5-9-14(15)13-19/h4-6,9-10H,1,7-8,11-12H2,2-3H3. The Balaban J connectivity index is 2.60. The second-order valence-corrected chi connectivity index (χ2v) is 5.87. The van der Waals surface area contributed by atoms with Crippen molar-refractivity contribution in [1.29, 1.82) is 5.26 Å². The lowest BCUT2D eigenvalue weighted by Gasteiger charge is -2.47. The minimum atomic E-state index is -1.24. The molecule has 0 aliphatic carbocycles. The van der Waals surface area contributed by atoms with Gasteiger partial charge in [-0.2, -0.15) is 5.26 Å². The van der Waals surface area contributed by atoms with Gasteiger partial charge in [0.2, 0.25) is 5.79 Å². The second-order valence-electron chi connectivity index (χ2n) is 5.87. The third kappa shape index (κ3) is 2.58. The molecule has 0 unspecified atom stereocenters. The van der Waals surface area contributed by atoms with E-state index < -0.39 is 11.2 Å². The summed E-state index contributed by atoms with van der Waals surface area (Å²) in [6.45, 7) is 8.22. The number of Topliss-reactive ketones (excluding diaryl/α,β-unsaturated/α-hetero) is 1. The van der Waals surface area contributed by atoms with Gasteiger partial charge < -0.3 is 9.47 Å². The molecule has 1 aliphatic rings. The van der Waals surface area contributed by atoms with E-state index in [1.807, 2.05) is 6.07 Å². The highest BCUT2D eigenvalue weighted by Gasteiger charge is 2.54. The molecule has 0 bridgehead atoms. The SMILES string of the molecule is C=CCC(=O)C(C)(C)C1(c2ccccc2C#N)OCCCO1. The lowest BCUT2D eigenvalue weighted by molar-refractivity contribution is -0.319. The highest BCUT2D eigenvalue weighted by Crippen LogP contribution is 2.48. The van der Waals surface area contributed by atoms with Crippen molar-refractivity contribution in [2.45, 2.75) is 32.5 Å². The smallest absolute Gasteiger partial charge is 0.208 e. The normalized spacial score (nSPS) is 17.5. The molecule has 0 saturated carbocycles. The Kier molecular flexibility index (Phi) is 4.80. The quantitative estimate of drug-likeness (QED) is 0.783. The third-order valence-corrected chi connectivity index (χ3v) is 4.15. The predicted octanol–water partition coefficient (Wildman–Crippen LogP) is 3.32. The number of allylic oxidation sites excluding steroid dienone is 1. The molecule has 1 fully saturated rings. The van der Waals surface area contributed by atoms with Crippen LogP contribution in [-0.4, -0.2) is 19.0 Å². The van der Waals surface area contributed by atoms with Crippen molar-refractivity contribution in [1.82, 2.24) is 0 Å². The monoisotopic (exact) mass is 299 g/mol. The average molecular weight is 299 g/mol. The average Bonchev–Trinajstić information content (AvgIpc) is 2.55. The first-order chi connectivity index (χ1) is 10.5. The van der Waals surface area contributed by atoms with Crippen LogP contribution >= 0.6 is 0 Å². The number of ketones is 1. The van der Waals surface area contributed by atoms with E-state index in [-0.39, 0.29) is 12.2 Å². The van der Waals surface area contributed by atoms with E-state index in [1.54, 1.807) is 38.1 Å². The molecule has 0 N–H and O–H groups in total. The summed E-state index contributed by atoms with van der Waals surface area (Å²) in [6.07, 6.45) is 2.58. The zero-order valence-corrected chi connectivity index (χ0v) is 13.1. The zero-order valence-electron chi connectivity index (χ0n) is 13.1. The topological polar surface area (TPSA) is 59.3 Å². The molecule has 2 rings (SSSR count). The van der Waals surface area contributed by atoms with Crippen molar-refractivity contribution in [3.63, 3.8) is 0 Å². The van der Waals surface area contributed by atoms with Crippen molar-refractivity contribution in [3.8, 4) is 6.07 Å². The molecule has 1 aliphatic heterocycles. The van der Waals surface area contributed by atoms with Crippen molar-refractivity contribution in [2.24, 2.45) is 5.41 Å². The van der Waals surface area contributed by atoms with Gasteiger partial charge in [-0.3, -0.25) is 4.79 Å². The number of carbonyl (C=O) groups is 1. The summed E-state index contributed by atoms with van der Waals surface area (Å²) in [5, 5.41) is 9.41. The van der Waals surface area contributed by atoms with Crippen LogP contribution in [0.4, 0.5) is 0 Å². The first-order valence-electron chi connectivity index (χ1n) is 7.41. The fourth-order valence-corrected chi connectivity index (χ4v) is 2.82. The zero-order chi connectivity index (χ0) is 16.2. The number of rotatable bonds is 5. The number of hydrogen-bond acceptors (Lipinski definition) is 4. The van der Waals surface area contributed by atoms with E-state index in [1.165, 1.54) is 0 Å². The molecule has 22 heavy (non-hydrogen) atoms. The van der Waals surface area contributed by atoms with Crippen LogP contribution in [0.5, 0.6) is 0 Å². The molecule has 1 aromatic rings. The second kappa shape index (κ2) is 6.43. The molecule has 0 amide bonds. The maximum atomic E-state index is 12.6. The van der Waals surface area contributed by atoms with Crippen LogP contribution in [0.15, 0.2) is 36.9 Å². The molecule has 0 spiro atoms. The maximum Gasteiger partial charge on any atom is 0.208 e. The number of ether oxygens (including phenoxy) is 2. The minimum absolute atomic E-state index is 0.0304. The predicted molar refractivity (Wildman–Crippen MR) is 83.0 cm³/mol. The number of nitriles is 1. The Morgan fingerprint density at radius 3 is 2.64 bits per heavy atom. The highest BCUT2D eigenvalue weighted by atomic mass is 16.7. The first-order valence-corrected chi connectivity index (χ1v) is 7.41. The van der Waals surface area contributed by atoms with E-state index in [0.717, 1.165) is 6.42 Å². The Bertz CT molecular complexity index is 607. The minimum Gasteiger partial charge on any atom is -0.345 e. The van der Waals surface area contributed by atoms with E-state index in [2.05, 4.69) is 12.6 Å². The van der Waals surface area contributed by atoms with Crippen molar-refractivity contribution < 1.29 is 14.3 Å². The molecule has 0 aromatic heterocycles. The largest absolute Gasteiger partial charge is 0.345 e. The molecule has 1 aromatic carbocycles. The summed E-state index contributed by atoms with van der Waals surface area (Å²) < 4.78 is 12.0. The van der Waals surface area contributed by atoms with Gasteiger partial charge in [0.25, 0.3) is 0 Å². The van der Waals surface area contributed by atoms with Crippen LogP contribution in [0.3, 0.4) is 0 Å².